The molecule has 0 unspecified atom stereocenters. The molecule has 0 radical (unpaired) electrons. The van der Waals surface area contributed by atoms with Crippen molar-refractivity contribution in [3.8, 4) is 0 Å². The maximum atomic E-state index is 13.2. The van der Waals surface area contributed by atoms with Crippen molar-refractivity contribution in [2.45, 2.75) is 32.0 Å². The molecule has 0 bridgehead atoms. The molecule has 1 saturated carbocycles. The van der Waals surface area contributed by atoms with Crippen molar-refractivity contribution < 1.29 is 18.0 Å². The maximum Gasteiger partial charge on any atom is 0.416 e. The lowest BCUT2D eigenvalue weighted by Gasteiger charge is -2.26. The van der Waals surface area contributed by atoms with Crippen LogP contribution in [0.1, 0.15) is 35.2 Å². The molecule has 6 heteroatoms. The van der Waals surface area contributed by atoms with Crippen molar-refractivity contribution >= 4 is 27.7 Å². The van der Waals surface area contributed by atoms with Crippen molar-refractivity contribution in [2.75, 3.05) is 0 Å². The number of carbonyl (C=O) groups is 1. The molecule has 2 aromatic carbocycles. The zero-order valence-corrected chi connectivity index (χ0v) is 13.4. The number of hydrogen-bond donors (Lipinski definition) is 1. The van der Waals surface area contributed by atoms with Crippen LogP contribution in [0.15, 0.2) is 36.4 Å². The second-order valence-electron chi connectivity index (χ2n) is 6.70. The summed E-state index contributed by atoms with van der Waals surface area (Å²) in [5.74, 6) is -0.112. The molecular formula is C19H17F3N2O. The van der Waals surface area contributed by atoms with Crippen LogP contribution < -0.4 is 5.73 Å². The van der Waals surface area contributed by atoms with Crippen molar-refractivity contribution in [3.05, 3.63) is 47.5 Å². The number of fused-ring (bicyclic) bond motifs is 3. The highest BCUT2D eigenvalue weighted by molar-refractivity contribution is 6.17. The van der Waals surface area contributed by atoms with Crippen LogP contribution in [0, 0.1) is 5.92 Å². The Morgan fingerprint density at radius 1 is 1.16 bits per heavy atom. The van der Waals surface area contributed by atoms with E-state index in [0.29, 0.717) is 34.3 Å². The van der Waals surface area contributed by atoms with Crippen molar-refractivity contribution in [2.24, 2.45) is 11.7 Å². The van der Waals surface area contributed by atoms with E-state index in [9.17, 15) is 18.0 Å². The van der Waals surface area contributed by atoms with Gasteiger partial charge in [0.15, 0.2) is 0 Å². The van der Waals surface area contributed by atoms with Gasteiger partial charge in [0.2, 0.25) is 5.91 Å². The summed E-state index contributed by atoms with van der Waals surface area (Å²) in [7, 11) is 0. The zero-order chi connectivity index (χ0) is 17.8. The van der Waals surface area contributed by atoms with E-state index < -0.39 is 17.6 Å². The molecule has 0 spiro atoms. The highest BCUT2D eigenvalue weighted by Crippen LogP contribution is 2.38. The highest BCUT2D eigenvalue weighted by atomic mass is 19.4. The number of nitrogens with zero attached hydrogens (tertiary/aromatic N) is 1. The summed E-state index contributed by atoms with van der Waals surface area (Å²) in [6.45, 7) is 0.656. The molecule has 1 heterocycles. The summed E-state index contributed by atoms with van der Waals surface area (Å²) < 4.78 is 41.4. The van der Waals surface area contributed by atoms with Gasteiger partial charge in [-0.15, -0.1) is 0 Å². The van der Waals surface area contributed by atoms with Crippen molar-refractivity contribution in [3.63, 3.8) is 0 Å². The predicted molar refractivity (Wildman–Crippen MR) is 90.3 cm³/mol. The molecule has 25 heavy (non-hydrogen) atoms. The molecule has 3 aromatic rings. The Balaban J connectivity index is 2.05. The van der Waals surface area contributed by atoms with E-state index in [1.807, 2.05) is 10.6 Å². The molecule has 0 atom stereocenters. The lowest BCUT2D eigenvalue weighted by Crippen LogP contribution is -2.18. The quantitative estimate of drug-likeness (QED) is 0.733. The number of carbonyl (C=O) groups excluding carboxylic acids is 1. The lowest BCUT2D eigenvalue weighted by atomic mass is 9.85. The summed E-state index contributed by atoms with van der Waals surface area (Å²) in [5, 5.41) is 1.27. The van der Waals surface area contributed by atoms with Gasteiger partial charge in [0, 0.05) is 33.9 Å². The summed E-state index contributed by atoms with van der Waals surface area (Å²) in [5.41, 5.74) is 6.42. The monoisotopic (exact) mass is 346 g/mol. The topological polar surface area (TPSA) is 48.0 Å². The van der Waals surface area contributed by atoms with Gasteiger partial charge >= 0.3 is 6.18 Å². The van der Waals surface area contributed by atoms with Crippen molar-refractivity contribution in [1.82, 2.24) is 4.57 Å². The molecule has 130 valence electrons. The van der Waals surface area contributed by atoms with Gasteiger partial charge in [-0.25, -0.2) is 0 Å². The minimum absolute atomic E-state index is 0.342. The summed E-state index contributed by atoms with van der Waals surface area (Å²) >= 11 is 0. The van der Waals surface area contributed by atoms with Gasteiger partial charge in [0.05, 0.1) is 5.56 Å². The Hall–Kier alpha value is -2.50. The van der Waals surface area contributed by atoms with Crippen LogP contribution in [0.5, 0.6) is 0 Å². The number of aromatic nitrogens is 1. The molecule has 1 aliphatic carbocycles. The van der Waals surface area contributed by atoms with Crippen LogP contribution >= 0.6 is 0 Å². The lowest BCUT2D eigenvalue weighted by molar-refractivity contribution is -0.137. The third-order valence-corrected chi connectivity index (χ3v) is 5.15. The fraction of sp³-hybridized carbons (Fsp3) is 0.316. The minimum Gasteiger partial charge on any atom is -0.366 e. The molecule has 1 amide bonds. The molecule has 3 nitrogen and oxygen atoms in total. The van der Waals surface area contributed by atoms with Crippen LogP contribution in [0.25, 0.3) is 21.8 Å². The summed E-state index contributed by atoms with van der Waals surface area (Å²) in [6, 6.07) is 8.88. The first-order valence-corrected chi connectivity index (χ1v) is 8.28. The first kappa shape index (κ1) is 16.0. The summed E-state index contributed by atoms with van der Waals surface area (Å²) in [4.78, 5) is 11.8. The molecule has 4 rings (SSSR count). The number of hydrogen-bond acceptors (Lipinski definition) is 1. The molecule has 1 aliphatic rings. The van der Waals surface area contributed by atoms with Gasteiger partial charge in [0.1, 0.15) is 0 Å². The third kappa shape index (κ3) is 2.56. The van der Waals surface area contributed by atoms with E-state index in [1.165, 1.54) is 12.1 Å². The molecule has 0 aliphatic heterocycles. The molecule has 2 N–H and O–H groups in total. The van der Waals surface area contributed by atoms with E-state index in [2.05, 4.69) is 0 Å². The second-order valence-corrected chi connectivity index (χ2v) is 6.70. The van der Waals surface area contributed by atoms with Gasteiger partial charge < -0.3 is 10.3 Å². The van der Waals surface area contributed by atoms with E-state index in [0.717, 1.165) is 30.8 Å². The zero-order valence-electron chi connectivity index (χ0n) is 13.4. The van der Waals surface area contributed by atoms with Crippen molar-refractivity contribution in [1.29, 1.82) is 0 Å². The Kier molecular flexibility index (Phi) is 3.52. The Morgan fingerprint density at radius 3 is 2.52 bits per heavy atom. The number of primary amides is 1. The van der Waals surface area contributed by atoms with E-state index in [-0.39, 0.29) is 0 Å². The van der Waals surface area contributed by atoms with Gasteiger partial charge in [-0.1, -0.05) is 18.6 Å². The number of amides is 1. The van der Waals surface area contributed by atoms with Crippen LogP contribution in [-0.4, -0.2) is 10.5 Å². The largest absolute Gasteiger partial charge is 0.416 e. The van der Waals surface area contributed by atoms with Gasteiger partial charge in [-0.2, -0.15) is 13.2 Å². The minimum atomic E-state index is -4.40. The highest BCUT2D eigenvalue weighted by Gasteiger charge is 2.31. The molecular weight excluding hydrogens is 329 g/mol. The number of benzene rings is 2. The standard InChI is InChI=1S/C19H17F3N2O/c20-19(21,22)12-7-8-13-16(9-12)24(10-11-3-1-4-11)15-6-2-5-14(17(13)15)18(23)25/h2,5-9,11H,1,3-4,10H2,(H2,23,25). The Bertz CT molecular complexity index is 984. The van der Waals surface area contributed by atoms with E-state index in [1.54, 1.807) is 12.1 Å². The van der Waals surface area contributed by atoms with Crippen LogP contribution in [0.2, 0.25) is 0 Å². The summed E-state index contributed by atoms with van der Waals surface area (Å²) in [6.07, 6.45) is -1.09. The van der Waals surface area contributed by atoms with Gasteiger partial charge in [0.25, 0.3) is 0 Å². The molecule has 1 fully saturated rings. The third-order valence-electron chi connectivity index (χ3n) is 5.15. The number of rotatable bonds is 3. The van der Waals surface area contributed by atoms with Crippen LogP contribution in [0.3, 0.4) is 0 Å². The van der Waals surface area contributed by atoms with E-state index >= 15 is 0 Å². The number of alkyl halides is 3. The fourth-order valence-corrected chi connectivity index (χ4v) is 3.66. The van der Waals surface area contributed by atoms with Gasteiger partial charge in [-0.05, 0) is 43.0 Å². The fourth-order valence-electron chi connectivity index (χ4n) is 3.66. The number of halogens is 3. The van der Waals surface area contributed by atoms with Gasteiger partial charge in [-0.3, -0.25) is 4.79 Å². The second kappa shape index (κ2) is 5.51. The number of nitrogens with two attached hydrogens (primary N) is 1. The Morgan fingerprint density at radius 2 is 1.92 bits per heavy atom. The van der Waals surface area contributed by atoms with E-state index in [4.69, 9.17) is 5.73 Å². The van der Waals surface area contributed by atoms with Crippen LogP contribution in [-0.2, 0) is 12.7 Å². The van der Waals surface area contributed by atoms with Crippen LogP contribution in [0.4, 0.5) is 13.2 Å². The smallest absolute Gasteiger partial charge is 0.366 e. The SMILES string of the molecule is NC(=O)c1cccc2c1c1ccc(C(F)(F)F)cc1n2CC1CCC1. The predicted octanol–water partition coefficient (Wildman–Crippen LogP) is 4.71. The average Bonchev–Trinajstić information content (AvgIpc) is 2.83. The average molecular weight is 346 g/mol. The first-order chi connectivity index (χ1) is 11.9. The Labute approximate surface area is 142 Å². The molecule has 0 saturated heterocycles. The normalized spacial score (nSPS) is 15.6. The maximum absolute atomic E-state index is 13.2. The first-order valence-electron chi connectivity index (χ1n) is 8.28. The molecule has 1 aromatic heterocycles.